The standard InChI is InChI=1S/C14H13N5O2/c20-12(8-17-10-3-1-5-15-7-10)18-9-13-19-14-11(21-13)4-2-6-16-14/h1-7,17H,8-9H2,(H,18,20). The molecule has 1 amide bonds. The lowest BCUT2D eigenvalue weighted by molar-refractivity contribution is -0.119. The molecule has 0 fully saturated rings. The van der Waals surface area contributed by atoms with E-state index in [0.29, 0.717) is 17.1 Å². The third kappa shape index (κ3) is 3.33. The number of aromatic nitrogens is 3. The van der Waals surface area contributed by atoms with Crippen LogP contribution in [0.5, 0.6) is 0 Å². The molecular formula is C14H13N5O2. The zero-order chi connectivity index (χ0) is 14.5. The van der Waals surface area contributed by atoms with E-state index in [2.05, 4.69) is 25.6 Å². The number of hydrogen-bond donors (Lipinski definition) is 2. The number of oxazole rings is 1. The fourth-order valence-corrected chi connectivity index (χ4v) is 1.78. The van der Waals surface area contributed by atoms with Crippen LogP contribution < -0.4 is 10.6 Å². The second-order valence-corrected chi connectivity index (χ2v) is 4.30. The minimum Gasteiger partial charge on any atom is -0.437 e. The summed E-state index contributed by atoms with van der Waals surface area (Å²) in [6, 6.07) is 7.19. The SMILES string of the molecule is O=C(CNc1cccnc1)NCc1nc2ncccc2o1. The summed E-state index contributed by atoms with van der Waals surface area (Å²) >= 11 is 0. The molecule has 0 aliphatic rings. The van der Waals surface area contributed by atoms with E-state index in [1.165, 1.54) is 0 Å². The summed E-state index contributed by atoms with van der Waals surface area (Å²) in [7, 11) is 0. The van der Waals surface area contributed by atoms with Gasteiger partial charge in [0, 0.05) is 18.6 Å². The third-order valence-corrected chi connectivity index (χ3v) is 2.76. The van der Waals surface area contributed by atoms with Gasteiger partial charge in [-0.2, -0.15) is 4.98 Å². The van der Waals surface area contributed by atoms with Crippen molar-refractivity contribution in [1.82, 2.24) is 20.3 Å². The molecule has 3 aromatic rings. The molecule has 21 heavy (non-hydrogen) atoms. The fourth-order valence-electron chi connectivity index (χ4n) is 1.78. The highest BCUT2D eigenvalue weighted by molar-refractivity contribution is 5.80. The molecule has 3 heterocycles. The molecule has 106 valence electrons. The molecule has 0 aliphatic carbocycles. The smallest absolute Gasteiger partial charge is 0.239 e. The average Bonchev–Trinajstić information content (AvgIpc) is 2.95. The average molecular weight is 283 g/mol. The maximum atomic E-state index is 11.7. The van der Waals surface area contributed by atoms with Crippen LogP contribution in [0.15, 0.2) is 47.3 Å². The normalized spacial score (nSPS) is 10.5. The van der Waals surface area contributed by atoms with Crippen LogP contribution in [-0.2, 0) is 11.3 Å². The lowest BCUT2D eigenvalue weighted by Crippen LogP contribution is -2.29. The monoisotopic (exact) mass is 283 g/mol. The van der Waals surface area contributed by atoms with Crippen LogP contribution in [-0.4, -0.2) is 27.4 Å². The molecule has 0 bridgehead atoms. The van der Waals surface area contributed by atoms with E-state index in [-0.39, 0.29) is 19.0 Å². The summed E-state index contributed by atoms with van der Waals surface area (Å²) in [5, 5.41) is 5.69. The molecule has 0 aliphatic heterocycles. The molecule has 2 N–H and O–H groups in total. The predicted molar refractivity (Wildman–Crippen MR) is 76.4 cm³/mol. The fraction of sp³-hybridized carbons (Fsp3) is 0.143. The van der Waals surface area contributed by atoms with Gasteiger partial charge in [0.25, 0.3) is 0 Å². The van der Waals surface area contributed by atoms with Gasteiger partial charge in [-0.3, -0.25) is 9.78 Å². The van der Waals surface area contributed by atoms with Gasteiger partial charge in [0.15, 0.2) is 11.2 Å². The van der Waals surface area contributed by atoms with Crippen LogP contribution in [0.3, 0.4) is 0 Å². The quantitative estimate of drug-likeness (QED) is 0.734. The second kappa shape index (κ2) is 6.00. The molecule has 0 unspecified atom stereocenters. The van der Waals surface area contributed by atoms with E-state index < -0.39 is 0 Å². The zero-order valence-corrected chi connectivity index (χ0v) is 11.1. The van der Waals surface area contributed by atoms with E-state index in [4.69, 9.17) is 4.42 Å². The number of rotatable bonds is 5. The maximum absolute atomic E-state index is 11.7. The molecule has 0 radical (unpaired) electrons. The van der Waals surface area contributed by atoms with Crippen LogP contribution in [0.1, 0.15) is 5.89 Å². The molecule has 0 atom stereocenters. The summed E-state index contributed by atoms with van der Waals surface area (Å²) in [5.74, 6) is 0.271. The Kier molecular flexibility index (Phi) is 3.72. The van der Waals surface area contributed by atoms with Crippen LogP contribution in [0, 0.1) is 0 Å². The van der Waals surface area contributed by atoms with Gasteiger partial charge in [-0.05, 0) is 24.3 Å². The number of nitrogens with zero attached hydrogens (tertiary/aromatic N) is 3. The number of anilines is 1. The van der Waals surface area contributed by atoms with Crippen LogP contribution in [0.25, 0.3) is 11.2 Å². The van der Waals surface area contributed by atoms with Crippen molar-refractivity contribution in [2.45, 2.75) is 6.54 Å². The van der Waals surface area contributed by atoms with Crippen molar-refractivity contribution >= 4 is 22.8 Å². The molecule has 0 saturated heterocycles. The molecule has 7 heteroatoms. The Morgan fingerprint density at radius 2 is 2.14 bits per heavy atom. The van der Waals surface area contributed by atoms with Crippen molar-refractivity contribution in [3.8, 4) is 0 Å². The Hall–Kier alpha value is -2.96. The third-order valence-electron chi connectivity index (χ3n) is 2.76. The van der Waals surface area contributed by atoms with Crippen LogP contribution >= 0.6 is 0 Å². The van der Waals surface area contributed by atoms with Crippen molar-refractivity contribution in [2.24, 2.45) is 0 Å². The van der Waals surface area contributed by atoms with Gasteiger partial charge in [0.1, 0.15) is 0 Å². The van der Waals surface area contributed by atoms with E-state index >= 15 is 0 Å². The Bertz CT molecular complexity index is 708. The largest absolute Gasteiger partial charge is 0.437 e. The molecule has 0 saturated carbocycles. The highest BCUT2D eigenvalue weighted by Gasteiger charge is 2.07. The lowest BCUT2D eigenvalue weighted by atomic mass is 10.4. The number of fused-ring (bicyclic) bond motifs is 1. The minimum atomic E-state index is -0.158. The molecule has 3 rings (SSSR count). The number of amides is 1. The van der Waals surface area contributed by atoms with Crippen molar-refractivity contribution < 1.29 is 9.21 Å². The first kappa shape index (κ1) is 13.0. The van der Waals surface area contributed by atoms with E-state index in [0.717, 1.165) is 5.69 Å². The number of carbonyl (C=O) groups excluding carboxylic acids is 1. The number of pyridine rings is 2. The summed E-state index contributed by atoms with van der Waals surface area (Å²) < 4.78 is 5.46. The van der Waals surface area contributed by atoms with E-state index in [9.17, 15) is 4.79 Å². The molecule has 3 aromatic heterocycles. The lowest BCUT2D eigenvalue weighted by Gasteiger charge is -2.05. The summed E-state index contributed by atoms with van der Waals surface area (Å²) in [4.78, 5) is 23.9. The Morgan fingerprint density at radius 3 is 2.95 bits per heavy atom. The minimum absolute atomic E-state index is 0.157. The van der Waals surface area contributed by atoms with Gasteiger partial charge < -0.3 is 15.1 Å². The van der Waals surface area contributed by atoms with Gasteiger partial charge in [-0.1, -0.05) is 0 Å². The summed E-state index contributed by atoms with van der Waals surface area (Å²) in [6.45, 7) is 0.383. The summed E-state index contributed by atoms with van der Waals surface area (Å²) in [6.07, 6.45) is 4.97. The van der Waals surface area contributed by atoms with Crippen LogP contribution in [0.4, 0.5) is 5.69 Å². The molecule has 0 aromatic carbocycles. The highest BCUT2D eigenvalue weighted by Crippen LogP contribution is 2.11. The zero-order valence-electron chi connectivity index (χ0n) is 11.1. The van der Waals surface area contributed by atoms with Gasteiger partial charge in [0.2, 0.25) is 11.8 Å². The number of carbonyl (C=O) groups is 1. The first-order valence-electron chi connectivity index (χ1n) is 6.42. The first-order chi connectivity index (χ1) is 10.3. The molecular weight excluding hydrogens is 270 g/mol. The van der Waals surface area contributed by atoms with Gasteiger partial charge >= 0.3 is 0 Å². The molecule has 0 spiro atoms. The Morgan fingerprint density at radius 1 is 1.24 bits per heavy atom. The summed E-state index contributed by atoms with van der Waals surface area (Å²) in [5.41, 5.74) is 1.93. The Labute approximate surface area is 120 Å². The van der Waals surface area contributed by atoms with Crippen molar-refractivity contribution in [3.63, 3.8) is 0 Å². The first-order valence-corrected chi connectivity index (χ1v) is 6.42. The van der Waals surface area contributed by atoms with Crippen molar-refractivity contribution in [3.05, 3.63) is 48.7 Å². The predicted octanol–water partition coefficient (Wildman–Crippen LogP) is 1.35. The van der Waals surface area contributed by atoms with E-state index in [1.807, 2.05) is 6.07 Å². The number of hydrogen-bond acceptors (Lipinski definition) is 6. The maximum Gasteiger partial charge on any atom is 0.239 e. The molecule has 7 nitrogen and oxygen atoms in total. The number of nitrogens with one attached hydrogen (secondary N) is 2. The van der Waals surface area contributed by atoms with Crippen molar-refractivity contribution in [2.75, 3.05) is 11.9 Å². The van der Waals surface area contributed by atoms with Gasteiger partial charge in [0.05, 0.1) is 18.8 Å². The van der Waals surface area contributed by atoms with Gasteiger partial charge in [-0.15, -0.1) is 0 Å². The highest BCUT2D eigenvalue weighted by atomic mass is 16.3. The second-order valence-electron chi connectivity index (χ2n) is 4.30. The Balaban J connectivity index is 1.51. The van der Waals surface area contributed by atoms with Gasteiger partial charge in [-0.25, -0.2) is 4.98 Å². The van der Waals surface area contributed by atoms with E-state index in [1.54, 1.807) is 36.8 Å². The van der Waals surface area contributed by atoms with Crippen LogP contribution in [0.2, 0.25) is 0 Å². The van der Waals surface area contributed by atoms with Crippen molar-refractivity contribution in [1.29, 1.82) is 0 Å². The topological polar surface area (TPSA) is 92.9 Å².